The van der Waals surface area contributed by atoms with Gasteiger partial charge < -0.3 is 20.1 Å². The van der Waals surface area contributed by atoms with Crippen LogP contribution in [0.5, 0.6) is 0 Å². The minimum atomic E-state index is -4.58. The Bertz CT molecular complexity index is 1280. The molecule has 2 N–H and O–H groups in total. The van der Waals surface area contributed by atoms with Crippen LogP contribution in [0.25, 0.3) is 5.57 Å². The Morgan fingerprint density at radius 1 is 0.977 bits per heavy atom. The third kappa shape index (κ3) is 11.4. The van der Waals surface area contributed by atoms with Crippen LogP contribution in [0, 0.1) is 5.92 Å². The summed E-state index contributed by atoms with van der Waals surface area (Å²) < 4.78 is 77.9. The highest BCUT2D eigenvalue weighted by molar-refractivity contribution is 7.91. The van der Waals surface area contributed by atoms with Crippen LogP contribution >= 0.6 is 0 Å². The lowest BCUT2D eigenvalue weighted by molar-refractivity contribution is -0.150. The summed E-state index contributed by atoms with van der Waals surface area (Å²) in [5, 5.41) is 5.41. The van der Waals surface area contributed by atoms with Gasteiger partial charge in [-0.15, -0.1) is 0 Å². The largest absolute Gasteiger partial charge is 0.455 e. The van der Waals surface area contributed by atoms with E-state index in [0.29, 0.717) is 18.4 Å². The Labute approximate surface area is 254 Å². The summed E-state index contributed by atoms with van der Waals surface area (Å²) in [4.78, 5) is 26.0. The van der Waals surface area contributed by atoms with E-state index in [4.69, 9.17) is 9.47 Å². The summed E-state index contributed by atoms with van der Waals surface area (Å²) in [6, 6.07) is 3.83. The number of benzene rings is 1. The molecule has 2 rings (SSSR count). The quantitative estimate of drug-likeness (QED) is 0.232. The van der Waals surface area contributed by atoms with Gasteiger partial charge in [-0.3, -0.25) is 0 Å². The molecule has 0 radical (unpaired) electrons. The number of sulfone groups is 1. The molecule has 43 heavy (non-hydrogen) atoms. The van der Waals surface area contributed by atoms with Crippen molar-refractivity contribution in [2.24, 2.45) is 5.92 Å². The van der Waals surface area contributed by atoms with Crippen LogP contribution in [0.2, 0.25) is 0 Å². The highest BCUT2D eigenvalue weighted by atomic mass is 32.2. The molecular weight excluding hydrogens is 585 g/mol. The van der Waals surface area contributed by atoms with Crippen molar-refractivity contribution in [2.45, 2.75) is 123 Å². The van der Waals surface area contributed by atoms with Crippen LogP contribution in [0.1, 0.15) is 99.1 Å². The maximum atomic E-state index is 13.6. The predicted octanol–water partition coefficient (Wildman–Crippen LogP) is 6.64. The molecule has 244 valence electrons. The van der Waals surface area contributed by atoms with E-state index in [1.165, 1.54) is 12.1 Å². The second-order valence-corrected chi connectivity index (χ2v) is 15.9. The topological polar surface area (TPSA) is 111 Å². The van der Waals surface area contributed by atoms with Crippen LogP contribution in [-0.2, 0) is 30.3 Å². The zero-order chi connectivity index (χ0) is 33.0. The molecule has 1 aromatic rings. The van der Waals surface area contributed by atoms with Gasteiger partial charge in [-0.2, -0.15) is 13.2 Å². The van der Waals surface area contributed by atoms with E-state index in [0.717, 1.165) is 12.1 Å². The standard InChI is InChI=1S/C31H47F3N2O6S/c1-10-24(20-12-11-13-22(16-20)31(32,33)34)26(27(37)41-29(4,5)6)36-25-15-14-23(35-28(38)42-30(7,8)9)17-21(25)18-43(39,40)19(2)3/h11-13,16,19,21,23,25,36H,10,14-15,17-18H2,1-9H3,(H,35,38)/t21-,23-,25+/m0/s1. The maximum absolute atomic E-state index is 13.6. The summed E-state index contributed by atoms with van der Waals surface area (Å²) in [5.74, 6) is -1.49. The number of carbonyl (C=O) groups excluding carboxylic acids is 2. The Kier molecular flexibility index (Phi) is 11.8. The molecule has 0 bridgehead atoms. The summed E-state index contributed by atoms with van der Waals surface area (Å²) in [6.45, 7) is 15.2. The molecule has 8 nitrogen and oxygen atoms in total. The molecule has 0 spiro atoms. The summed E-state index contributed by atoms with van der Waals surface area (Å²) in [6.07, 6.45) is -3.86. The Hall–Kier alpha value is -2.76. The minimum Gasteiger partial charge on any atom is -0.455 e. The number of halogens is 3. The lowest BCUT2D eigenvalue weighted by Gasteiger charge is -2.38. The number of rotatable bonds is 9. The zero-order valence-corrected chi connectivity index (χ0v) is 27.5. The monoisotopic (exact) mass is 632 g/mol. The molecule has 1 aromatic carbocycles. The number of nitrogens with one attached hydrogen (secondary N) is 2. The average Bonchev–Trinajstić information content (AvgIpc) is 2.82. The van der Waals surface area contributed by atoms with Crippen molar-refractivity contribution in [3.63, 3.8) is 0 Å². The first-order valence-corrected chi connectivity index (χ1v) is 16.4. The van der Waals surface area contributed by atoms with Gasteiger partial charge in [-0.25, -0.2) is 18.0 Å². The third-order valence-electron chi connectivity index (χ3n) is 6.99. The Morgan fingerprint density at radius 3 is 2.09 bits per heavy atom. The minimum absolute atomic E-state index is 0.00718. The number of hydrogen-bond acceptors (Lipinski definition) is 7. The van der Waals surface area contributed by atoms with E-state index in [2.05, 4.69) is 10.6 Å². The first-order chi connectivity index (χ1) is 19.5. The summed E-state index contributed by atoms with van der Waals surface area (Å²) in [5.41, 5.74) is -1.94. The van der Waals surface area contributed by atoms with Crippen molar-refractivity contribution in [1.82, 2.24) is 10.6 Å². The molecule has 0 heterocycles. The number of hydrogen-bond donors (Lipinski definition) is 2. The van der Waals surface area contributed by atoms with E-state index in [9.17, 15) is 31.2 Å². The van der Waals surface area contributed by atoms with Crippen molar-refractivity contribution >= 4 is 27.5 Å². The second-order valence-electron chi connectivity index (χ2n) is 13.3. The number of alkyl carbamates (subject to hydrolysis) is 1. The van der Waals surface area contributed by atoms with Gasteiger partial charge in [-0.1, -0.05) is 19.1 Å². The number of ether oxygens (including phenoxy) is 2. The van der Waals surface area contributed by atoms with Gasteiger partial charge in [-0.05, 0) is 110 Å². The highest BCUT2D eigenvalue weighted by Crippen LogP contribution is 2.34. The van der Waals surface area contributed by atoms with E-state index >= 15 is 0 Å². The van der Waals surface area contributed by atoms with Gasteiger partial charge >= 0.3 is 18.2 Å². The predicted molar refractivity (Wildman–Crippen MR) is 161 cm³/mol. The van der Waals surface area contributed by atoms with E-state index in [1.807, 2.05) is 0 Å². The Balaban J connectivity index is 2.56. The lowest BCUT2D eigenvalue weighted by Crippen LogP contribution is -2.51. The van der Waals surface area contributed by atoms with Crippen molar-refractivity contribution in [3.05, 3.63) is 41.1 Å². The van der Waals surface area contributed by atoms with Crippen LogP contribution in [-0.4, -0.2) is 54.8 Å². The van der Waals surface area contributed by atoms with Gasteiger partial charge in [0.15, 0.2) is 9.84 Å². The van der Waals surface area contributed by atoms with E-state index < -0.39 is 62.1 Å². The van der Waals surface area contributed by atoms with Gasteiger partial charge in [0, 0.05) is 12.1 Å². The zero-order valence-electron chi connectivity index (χ0n) is 26.6. The number of alkyl halides is 3. The van der Waals surface area contributed by atoms with Gasteiger partial charge in [0.2, 0.25) is 0 Å². The first kappa shape index (κ1) is 36.4. The number of allylic oxidation sites excluding steroid dienone is 1. The lowest BCUT2D eigenvalue weighted by atomic mass is 9.82. The molecule has 0 aromatic heterocycles. The van der Waals surface area contributed by atoms with E-state index in [1.54, 1.807) is 62.3 Å². The average molecular weight is 633 g/mol. The first-order valence-electron chi connectivity index (χ1n) is 14.6. The van der Waals surface area contributed by atoms with Crippen molar-refractivity contribution in [3.8, 4) is 0 Å². The molecule has 1 fully saturated rings. The van der Waals surface area contributed by atoms with Crippen LogP contribution in [0.3, 0.4) is 0 Å². The molecule has 0 saturated heterocycles. The van der Waals surface area contributed by atoms with Crippen LogP contribution < -0.4 is 10.6 Å². The fourth-order valence-electron chi connectivity index (χ4n) is 4.93. The molecule has 1 amide bonds. The second kappa shape index (κ2) is 13.9. The SMILES string of the molecule is CCC(=C(N[C@@H]1CC[C@H](NC(=O)OC(C)(C)C)C[C@H]1CS(=O)(=O)C(C)C)C(=O)OC(C)(C)C)c1cccc(C(F)(F)F)c1. The number of esters is 1. The van der Waals surface area contributed by atoms with Crippen molar-refractivity contribution in [2.75, 3.05) is 5.75 Å². The Morgan fingerprint density at radius 2 is 1.58 bits per heavy atom. The van der Waals surface area contributed by atoms with Crippen LogP contribution in [0.4, 0.5) is 18.0 Å². The molecular formula is C31H47F3N2O6S. The fraction of sp³-hybridized carbons (Fsp3) is 0.677. The van der Waals surface area contributed by atoms with Gasteiger partial charge in [0.1, 0.15) is 16.9 Å². The normalized spacial score (nSPS) is 20.7. The molecule has 1 aliphatic rings. The smallest absolute Gasteiger partial charge is 0.416 e. The molecule has 0 aliphatic heterocycles. The molecule has 3 atom stereocenters. The van der Waals surface area contributed by atoms with Crippen molar-refractivity contribution in [1.29, 1.82) is 0 Å². The maximum Gasteiger partial charge on any atom is 0.416 e. The third-order valence-corrected chi connectivity index (χ3v) is 9.32. The summed E-state index contributed by atoms with van der Waals surface area (Å²) >= 11 is 0. The molecule has 1 saturated carbocycles. The molecule has 12 heteroatoms. The number of amides is 1. The van der Waals surface area contributed by atoms with E-state index in [-0.39, 0.29) is 35.9 Å². The summed E-state index contributed by atoms with van der Waals surface area (Å²) in [7, 11) is -3.54. The van der Waals surface area contributed by atoms with Gasteiger partial charge in [0.05, 0.1) is 16.6 Å². The number of carbonyl (C=O) groups is 2. The molecule has 0 unspecified atom stereocenters. The van der Waals surface area contributed by atoms with Crippen LogP contribution in [0.15, 0.2) is 30.0 Å². The van der Waals surface area contributed by atoms with Crippen molar-refractivity contribution < 1.29 is 40.7 Å². The fourth-order valence-corrected chi connectivity index (χ4v) is 6.28. The molecule has 1 aliphatic carbocycles. The van der Waals surface area contributed by atoms with Gasteiger partial charge in [0.25, 0.3) is 0 Å². The highest BCUT2D eigenvalue weighted by Gasteiger charge is 2.38.